The zero-order chi connectivity index (χ0) is 9.40. The van der Waals surface area contributed by atoms with Gasteiger partial charge in [-0.15, -0.1) is 0 Å². The molecule has 1 N–H and O–H groups in total. The van der Waals surface area contributed by atoms with Crippen LogP contribution in [0.25, 0.3) is 0 Å². The maximum Gasteiger partial charge on any atom is 0.303 e. The predicted molar refractivity (Wildman–Crippen MR) is 41.7 cm³/mol. The van der Waals surface area contributed by atoms with Crippen molar-refractivity contribution in [3.63, 3.8) is 0 Å². The minimum atomic E-state index is -0.915. The van der Waals surface area contributed by atoms with E-state index in [9.17, 15) is 14.4 Å². The standard InChI is InChI=1S/C8H10O4/c9-6-2-4-7(10)3-1-5-8(11)12/h2,4,6H,1,3,5H2,(H,11,12). The number of carbonyl (C=O) groups is 3. The summed E-state index contributed by atoms with van der Waals surface area (Å²) in [6.07, 6.45) is 3.24. The number of carbonyl (C=O) groups excluding carboxylic acids is 2. The number of ketones is 1. The Hall–Kier alpha value is -1.45. The van der Waals surface area contributed by atoms with Gasteiger partial charge < -0.3 is 5.11 Å². The van der Waals surface area contributed by atoms with Crippen LogP contribution in [0.1, 0.15) is 19.3 Å². The number of aldehydes is 1. The van der Waals surface area contributed by atoms with Crippen molar-refractivity contribution in [2.75, 3.05) is 0 Å². The first-order valence-electron chi connectivity index (χ1n) is 3.53. The quantitative estimate of drug-likeness (QED) is 0.467. The summed E-state index contributed by atoms with van der Waals surface area (Å²) in [6.45, 7) is 0. The molecule has 0 aliphatic carbocycles. The van der Waals surface area contributed by atoms with E-state index in [4.69, 9.17) is 5.11 Å². The lowest BCUT2D eigenvalue weighted by molar-refractivity contribution is -0.137. The zero-order valence-electron chi connectivity index (χ0n) is 6.53. The van der Waals surface area contributed by atoms with Crippen molar-refractivity contribution in [1.29, 1.82) is 0 Å². The topological polar surface area (TPSA) is 71.4 Å². The summed E-state index contributed by atoms with van der Waals surface area (Å²) in [5.74, 6) is -1.13. The Balaban J connectivity index is 3.50. The highest BCUT2D eigenvalue weighted by molar-refractivity contribution is 5.92. The molecule has 0 unspecified atom stereocenters. The van der Waals surface area contributed by atoms with E-state index in [1.54, 1.807) is 0 Å². The Morgan fingerprint density at radius 2 is 1.92 bits per heavy atom. The number of aliphatic carboxylic acids is 1. The zero-order valence-corrected chi connectivity index (χ0v) is 6.53. The van der Waals surface area contributed by atoms with Crippen molar-refractivity contribution in [3.05, 3.63) is 12.2 Å². The lowest BCUT2D eigenvalue weighted by Gasteiger charge is -1.91. The van der Waals surface area contributed by atoms with E-state index in [0.717, 1.165) is 12.2 Å². The predicted octanol–water partition coefficient (Wildman–Crippen LogP) is 0.565. The molecule has 0 aromatic heterocycles. The fourth-order valence-corrected chi connectivity index (χ4v) is 0.644. The van der Waals surface area contributed by atoms with Gasteiger partial charge in [0, 0.05) is 12.8 Å². The van der Waals surface area contributed by atoms with Crippen LogP contribution in [0.4, 0.5) is 0 Å². The molecule has 0 aromatic carbocycles. The van der Waals surface area contributed by atoms with Gasteiger partial charge in [0.25, 0.3) is 0 Å². The number of hydrogen-bond acceptors (Lipinski definition) is 3. The Morgan fingerprint density at radius 1 is 1.25 bits per heavy atom. The second-order valence-electron chi connectivity index (χ2n) is 2.21. The number of hydrogen-bond donors (Lipinski definition) is 1. The van der Waals surface area contributed by atoms with Crippen LogP contribution in [-0.4, -0.2) is 23.1 Å². The van der Waals surface area contributed by atoms with Crippen LogP contribution in [0.2, 0.25) is 0 Å². The number of allylic oxidation sites excluding steroid dienone is 2. The molecule has 0 heterocycles. The third kappa shape index (κ3) is 6.67. The number of carboxylic acid groups (broad SMARTS) is 1. The van der Waals surface area contributed by atoms with Crippen LogP contribution in [0.15, 0.2) is 12.2 Å². The summed E-state index contributed by atoms with van der Waals surface area (Å²) in [6, 6.07) is 0. The maximum absolute atomic E-state index is 10.7. The van der Waals surface area contributed by atoms with Gasteiger partial charge in [-0.1, -0.05) is 0 Å². The Morgan fingerprint density at radius 3 is 2.42 bits per heavy atom. The van der Waals surface area contributed by atoms with E-state index in [-0.39, 0.29) is 18.6 Å². The van der Waals surface area contributed by atoms with Crippen LogP contribution < -0.4 is 0 Å². The maximum atomic E-state index is 10.7. The highest BCUT2D eigenvalue weighted by Crippen LogP contribution is 1.96. The van der Waals surface area contributed by atoms with Gasteiger partial charge in [-0.25, -0.2) is 0 Å². The fraction of sp³-hybridized carbons (Fsp3) is 0.375. The molecule has 0 radical (unpaired) electrons. The molecule has 0 bridgehead atoms. The highest BCUT2D eigenvalue weighted by atomic mass is 16.4. The van der Waals surface area contributed by atoms with E-state index in [2.05, 4.69) is 0 Å². The molecule has 0 fully saturated rings. The van der Waals surface area contributed by atoms with Gasteiger partial charge in [0.1, 0.15) is 6.29 Å². The molecule has 4 heteroatoms. The van der Waals surface area contributed by atoms with Crippen molar-refractivity contribution in [2.45, 2.75) is 19.3 Å². The summed E-state index contributed by atoms with van der Waals surface area (Å²) in [5.41, 5.74) is 0. The van der Waals surface area contributed by atoms with Gasteiger partial charge in [0.05, 0.1) is 0 Å². The molecule has 0 saturated heterocycles. The third-order valence-corrected chi connectivity index (χ3v) is 1.17. The average molecular weight is 170 g/mol. The average Bonchev–Trinajstić information content (AvgIpc) is 2.00. The molecule has 66 valence electrons. The Labute approximate surface area is 69.9 Å². The molecule has 4 nitrogen and oxygen atoms in total. The number of carboxylic acids is 1. The van der Waals surface area contributed by atoms with Gasteiger partial charge in [-0.3, -0.25) is 14.4 Å². The van der Waals surface area contributed by atoms with Crippen LogP contribution in [0.5, 0.6) is 0 Å². The largest absolute Gasteiger partial charge is 0.481 e. The van der Waals surface area contributed by atoms with E-state index < -0.39 is 5.97 Å². The second-order valence-corrected chi connectivity index (χ2v) is 2.21. The third-order valence-electron chi connectivity index (χ3n) is 1.17. The summed E-state index contributed by atoms with van der Waals surface area (Å²) >= 11 is 0. The van der Waals surface area contributed by atoms with Crippen LogP contribution in [0.3, 0.4) is 0 Å². The lowest BCUT2D eigenvalue weighted by Crippen LogP contribution is -1.98. The smallest absolute Gasteiger partial charge is 0.303 e. The molecule has 0 amide bonds. The summed E-state index contributed by atoms with van der Waals surface area (Å²) < 4.78 is 0. The molecule has 0 aromatic rings. The fourth-order valence-electron chi connectivity index (χ4n) is 0.644. The van der Waals surface area contributed by atoms with Crippen LogP contribution in [-0.2, 0) is 14.4 Å². The van der Waals surface area contributed by atoms with Crippen molar-refractivity contribution in [2.24, 2.45) is 0 Å². The first-order chi connectivity index (χ1) is 5.66. The van der Waals surface area contributed by atoms with E-state index in [1.807, 2.05) is 0 Å². The van der Waals surface area contributed by atoms with E-state index in [1.165, 1.54) is 0 Å². The first-order valence-corrected chi connectivity index (χ1v) is 3.53. The van der Waals surface area contributed by atoms with Crippen molar-refractivity contribution < 1.29 is 19.5 Å². The van der Waals surface area contributed by atoms with Gasteiger partial charge in [0.2, 0.25) is 0 Å². The minimum absolute atomic E-state index is 0.0132. The van der Waals surface area contributed by atoms with Gasteiger partial charge >= 0.3 is 5.97 Å². The molecule has 0 atom stereocenters. The first kappa shape index (κ1) is 10.6. The number of rotatable bonds is 6. The monoisotopic (exact) mass is 170 g/mol. The normalized spacial score (nSPS) is 10.0. The molecule has 0 saturated carbocycles. The highest BCUT2D eigenvalue weighted by Gasteiger charge is 1.99. The Bertz CT molecular complexity index is 205. The van der Waals surface area contributed by atoms with Crippen molar-refractivity contribution >= 4 is 18.0 Å². The molecule has 0 aliphatic heterocycles. The molecule has 0 spiro atoms. The van der Waals surface area contributed by atoms with Gasteiger partial charge in [-0.05, 0) is 18.6 Å². The van der Waals surface area contributed by atoms with Crippen molar-refractivity contribution in [1.82, 2.24) is 0 Å². The van der Waals surface area contributed by atoms with Crippen molar-refractivity contribution in [3.8, 4) is 0 Å². The summed E-state index contributed by atoms with van der Waals surface area (Å²) in [5, 5.41) is 8.22. The molecular weight excluding hydrogens is 160 g/mol. The SMILES string of the molecule is O=CC=CC(=O)CCCC(=O)O. The van der Waals surface area contributed by atoms with Crippen LogP contribution in [0, 0.1) is 0 Å². The summed E-state index contributed by atoms with van der Waals surface area (Å²) in [7, 11) is 0. The Kier molecular flexibility index (Phi) is 5.51. The summed E-state index contributed by atoms with van der Waals surface area (Å²) in [4.78, 5) is 30.5. The van der Waals surface area contributed by atoms with Gasteiger partial charge in [0.15, 0.2) is 5.78 Å². The van der Waals surface area contributed by atoms with E-state index in [0.29, 0.717) is 12.7 Å². The van der Waals surface area contributed by atoms with E-state index >= 15 is 0 Å². The molecule has 0 rings (SSSR count). The van der Waals surface area contributed by atoms with Crippen LogP contribution >= 0.6 is 0 Å². The molecule has 0 aliphatic rings. The molecular formula is C8H10O4. The minimum Gasteiger partial charge on any atom is -0.481 e. The van der Waals surface area contributed by atoms with Gasteiger partial charge in [-0.2, -0.15) is 0 Å². The lowest BCUT2D eigenvalue weighted by atomic mass is 10.2. The second kappa shape index (κ2) is 6.27. The molecule has 12 heavy (non-hydrogen) atoms.